The standard InChI is InChI=1S/C28H24F2N4/c1-17-12-22(23-14-21(29)15-24(30)28(23)33-17)26-16-32-27-13-20(9-11-34(26)27)18-5-7-19(8-6-18)25-4-2-3-10-31-25/h5-9,11-16,25,31H,2-4,10H2,1H3. The molecule has 34 heavy (non-hydrogen) atoms. The zero-order valence-electron chi connectivity index (χ0n) is 18.9. The highest BCUT2D eigenvalue weighted by Gasteiger charge is 2.17. The molecule has 170 valence electrons. The van der Waals surface area contributed by atoms with Crippen LogP contribution in [0.2, 0.25) is 0 Å². The van der Waals surface area contributed by atoms with Gasteiger partial charge in [0.2, 0.25) is 0 Å². The maximum atomic E-state index is 14.4. The van der Waals surface area contributed by atoms with Gasteiger partial charge in [0.15, 0.2) is 5.82 Å². The number of fused-ring (bicyclic) bond motifs is 2. The first kappa shape index (κ1) is 20.9. The second-order valence-electron chi connectivity index (χ2n) is 9.01. The van der Waals surface area contributed by atoms with E-state index >= 15 is 0 Å². The monoisotopic (exact) mass is 454 g/mol. The number of hydrogen-bond donors (Lipinski definition) is 1. The molecule has 1 saturated heterocycles. The van der Waals surface area contributed by atoms with Gasteiger partial charge in [0.1, 0.15) is 17.0 Å². The summed E-state index contributed by atoms with van der Waals surface area (Å²) in [6.07, 6.45) is 7.40. The molecule has 6 heteroatoms. The van der Waals surface area contributed by atoms with Crippen LogP contribution in [0, 0.1) is 18.6 Å². The van der Waals surface area contributed by atoms with Crippen molar-refractivity contribution in [1.29, 1.82) is 0 Å². The lowest BCUT2D eigenvalue weighted by molar-refractivity contribution is 0.412. The predicted molar refractivity (Wildman–Crippen MR) is 131 cm³/mol. The Labute approximate surface area is 196 Å². The number of pyridine rings is 2. The Hall–Kier alpha value is -3.64. The Bertz CT molecular complexity index is 1520. The predicted octanol–water partition coefficient (Wildman–Crippen LogP) is 6.62. The molecule has 3 aromatic heterocycles. The number of nitrogens with one attached hydrogen (secondary N) is 1. The third-order valence-corrected chi connectivity index (χ3v) is 6.71. The van der Waals surface area contributed by atoms with Crippen LogP contribution < -0.4 is 5.32 Å². The van der Waals surface area contributed by atoms with E-state index in [9.17, 15) is 8.78 Å². The number of rotatable bonds is 3. The topological polar surface area (TPSA) is 42.2 Å². The van der Waals surface area contributed by atoms with Crippen LogP contribution in [0.3, 0.4) is 0 Å². The van der Waals surface area contributed by atoms with Crippen molar-refractivity contribution < 1.29 is 8.78 Å². The number of benzene rings is 2. The van der Waals surface area contributed by atoms with Gasteiger partial charge < -0.3 is 5.32 Å². The van der Waals surface area contributed by atoms with E-state index in [4.69, 9.17) is 0 Å². The van der Waals surface area contributed by atoms with E-state index in [0.717, 1.165) is 35.1 Å². The number of nitrogens with zero attached hydrogens (tertiary/aromatic N) is 3. The summed E-state index contributed by atoms with van der Waals surface area (Å²) < 4.78 is 30.4. The van der Waals surface area contributed by atoms with Crippen LogP contribution in [0.25, 0.3) is 38.9 Å². The summed E-state index contributed by atoms with van der Waals surface area (Å²) in [5.41, 5.74) is 6.58. The van der Waals surface area contributed by atoms with Crippen molar-refractivity contribution in [1.82, 2.24) is 19.7 Å². The molecule has 2 aromatic carbocycles. The second kappa shape index (κ2) is 8.29. The molecule has 1 unspecified atom stereocenters. The Morgan fingerprint density at radius 1 is 0.971 bits per heavy atom. The van der Waals surface area contributed by atoms with Gasteiger partial charge in [-0.05, 0) is 67.3 Å². The highest BCUT2D eigenvalue weighted by atomic mass is 19.1. The second-order valence-corrected chi connectivity index (χ2v) is 9.01. The van der Waals surface area contributed by atoms with Gasteiger partial charge >= 0.3 is 0 Å². The Morgan fingerprint density at radius 3 is 2.62 bits per heavy atom. The van der Waals surface area contributed by atoms with Gasteiger partial charge in [-0.2, -0.15) is 0 Å². The molecule has 1 aliphatic rings. The molecular formula is C28H24F2N4. The molecule has 0 bridgehead atoms. The Morgan fingerprint density at radius 2 is 1.82 bits per heavy atom. The average Bonchev–Trinajstić information content (AvgIpc) is 3.28. The number of aryl methyl sites for hydroxylation is 1. The number of aromatic nitrogens is 3. The van der Waals surface area contributed by atoms with Gasteiger partial charge in [-0.1, -0.05) is 30.7 Å². The molecule has 1 N–H and O–H groups in total. The van der Waals surface area contributed by atoms with Crippen LogP contribution in [0.15, 0.2) is 67.0 Å². The van der Waals surface area contributed by atoms with Crippen LogP contribution in [-0.4, -0.2) is 20.9 Å². The summed E-state index contributed by atoms with van der Waals surface area (Å²) in [6, 6.07) is 17.3. The third kappa shape index (κ3) is 3.64. The first-order valence-electron chi connectivity index (χ1n) is 11.6. The van der Waals surface area contributed by atoms with Gasteiger partial charge in [-0.25, -0.2) is 18.7 Å². The van der Waals surface area contributed by atoms with Gasteiger partial charge in [0.05, 0.1) is 11.9 Å². The first-order chi connectivity index (χ1) is 16.6. The van der Waals surface area contributed by atoms with E-state index < -0.39 is 11.6 Å². The molecule has 4 heterocycles. The molecule has 0 spiro atoms. The van der Waals surface area contributed by atoms with Crippen molar-refractivity contribution in [3.05, 3.63) is 89.9 Å². The molecule has 6 rings (SSSR count). The van der Waals surface area contributed by atoms with Crippen molar-refractivity contribution in [2.75, 3.05) is 6.54 Å². The van der Waals surface area contributed by atoms with Gasteiger partial charge in [-0.15, -0.1) is 0 Å². The number of halogens is 2. The lowest BCUT2D eigenvalue weighted by atomic mass is 9.95. The lowest BCUT2D eigenvalue weighted by Crippen LogP contribution is -2.26. The van der Waals surface area contributed by atoms with Gasteiger partial charge in [0.25, 0.3) is 0 Å². The highest BCUT2D eigenvalue weighted by molar-refractivity contribution is 5.94. The Balaban J connectivity index is 1.39. The maximum Gasteiger partial charge on any atom is 0.152 e. The van der Waals surface area contributed by atoms with E-state index in [-0.39, 0.29) is 5.52 Å². The number of imidazole rings is 1. The molecule has 0 aliphatic carbocycles. The molecule has 0 amide bonds. The zero-order valence-corrected chi connectivity index (χ0v) is 18.9. The van der Waals surface area contributed by atoms with Crippen LogP contribution >= 0.6 is 0 Å². The molecule has 0 saturated carbocycles. The fraction of sp³-hybridized carbons (Fsp3) is 0.214. The summed E-state index contributed by atoms with van der Waals surface area (Å²) in [5, 5.41) is 4.03. The first-order valence-corrected chi connectivity index (χ1v) is 11.6. The summed E-state index contributed by atoms with van der Waals surface area (Å²) in [6.45, 7) is 2.89. The van der Waals surface area contributed by atoms with Crippen LogP contribution in [0.1, 0.15) is 36.6 Å². The fourth-order valence-corrected chi connectivity index (χ4v) is 5.00. The quantitative estimate of drug-likeness (QED) is 0.333. The molecular weight excluding hydrogens is 430 g/mol. The molecule has 1 aliphatic heterocycles. The molecule has 0 radical (unpaired) electrons. The SMILES string of the molecule is Cc1cc(-c2cnc3cc(-c4ccc(C5CCCCN5)cc4)ccn23)c2cc(F)cc(F)c2n1. The minimum atomic E-state index is -0.664. The summed E-state index contributed by atoms with van der Waals surface area (Å²) in [4.78, 5) is 8.88. The summed E-state index contributed by atoms with van der Waals surface area (Å²) in [5.74, 6) is -1.29. The fourth-order valence-electron chi connectivity index (χ4n) is 5.00. The van der Waals surface area contributed by atoms with Crippen molar-refractivity contribution in [3.63, 3.8) is 0 Å². The largest absolute Gasteiger partial charge is 0.310 e. The van der Waals surface area contributed by atoms with E-state index in [1.807, 2.05) is 28.8 Å². The average molecular weight is 455 g/mol. The van der Waals surface area contributed by atoms with Crippen molar-refractivity contribution in [3.8, 4) is 22.4 Å². The van der Waals surface area contributed by atoms with Crippen LogP contribution in [0.4, 0.5) is 8.78 Å². The number of hydrogen-bond acceptors (Lipinski definition) is 3. The van der Waals surface area contributed by atoms with E-state index in [0.29, 0.717) is 22.7 Å². The van der Waals surface area contributed by atoms with Gasteiger partial charge in [0, 0.05) is 34.9 Å². The normalized spacial score (nSPS) is 16.4. The van der Waals surface area contributed by atoms with Crippen molar-refractivity contribution in [2.45, 2.75) is 32.2 Å². The molecule has 1 fully saturated rings. The molecule has 5 aromatic rings. The smallest absolute Gasteiger partial charge is 0.152 e. The van der Waals surface area contributed by atoms with Crippen molar-refractivity contribution >= 4 is 16.6 Å². The zero-order chi connectivity index (χ0) is 23.2. The lowest BCUT2D eigenvalue weighted by Gasteiger charge is -2.24. The molecule has 1 atom stereocenters. The Kier molecular flexibility index (Phi) is 5.11. The van der Waals surface area contributed by atoms with Crippen LogP contribution in [0.5, 0.6) is 0 Å². The van der Waals surface area contributed by atoms with E-state index in [1.54, 1.807) is 13.1 Å². The van der Waals surface area contributed by atoms with Crippen molar-refractivity contribution in [2.24, 2.45) is 0 Å². The van der Waals surface area contributed by atoms with E-state index in [2.05, 4.69) is 39.6 Å². The highest BCUT2D eigenvalue weighted by Crippen LogP contribution is 2.32. The number of piperidine rings is 1. The maximum absolute atomic E-state index is 14.4. The minimum absolute atomic E-state index is 0.163. The van der Waals surface area contributed by atoms with Gasteiger partial charge in [-0.3, -0.25) is 4.40 Å². The summed E-state index contributed by atoms with van der Waals surface area (Å²) >= 11 is 0. The van der Waals surface area contributed by atoms with E-state index in [1.165, 1.54) is 30.9 Å². The molecule has 4 nitrogen and oxygen atoms in total. The summed E-state index contributed by atoms with van der Waals surface area (Å²) in [7, 11) is 0. The third-order valence-electron chi connectivity index (χ3n) is 6.71. The minimum Gasteiger partial charge on any atom is -0.310 e. The van der Waals surface area contributed by atoms with Crippen LogP contribution in [-0.2, 0) is 0 Å².